The van der Waals surface area contributed by atoms with Gasteiger partial charge in [0.05, 0.1) is 11.5 Å². The zero-order chi connectivity index (χ0) is 13.9. The molecule has 0 radical (unpaired) electrons. The maximum atomic E-state index is 11.6. The molecule has 2 atom stereocenters. The summed E-state index contributed by atoms with van der Waals surface area (Å²) in [6.45, 7) is 6.95. The standard InChI is InChI=1S/C13H24N2O3/c1-9(11(16)14-4)15-7-5-6-10(8-15)13(2,3)12(17)18/h9-10H,5-8H2,1-4H3,(H,14,16)(H,17,18). The number of carboxylic acid groups (broad SMARTS) is 1. The summed E-state index contributed by atoms with van der Waals surface area (Å²) < 4.78 is 0. The Kier molecular flexibility index (Phi) is 4.73. The van der Waals surface area contributed by atoms with Gasteiger partial charge >= 0.3 is 5.97 Å². The largest absolute Gasteiger partial charge is 0.481 e. The lowest BCUT2D eigenvalue weighted by Crippen LogP contribution is -2.51. The molecular formula is C13H24N2O3. The second kappa shape index (κ2) is 5.69. The van der Waals surface area contributed by atoms with E-state index < -0.39 is 11.4 Å². The van der Waals surface area contributed by atoms with Crippen LogP contribution in [0.4, 0.5) is 0 Å². The molecule has 1 aliphatic rings. The zero-order valence-corrected chi connectivity index (χ0v) is 11.7. The van der Waals surface area contributed by atoms with E-state index in [1.807, 2.05) is 6.92 Å². The minimum Gasteiger partial charge on any atom is -0.481 e. The fourth-order valence-corrected chi connectivity index (χ4v) is 2.50. The lowest BCUT2D eigenvalue weighted by atomic mass is 9.74. The number of nitrogens with zero attached hydrogens (tertiary/aromatic N) is 1. The normalized spacial score (nSPS) is 23.4. The highest BCUT2D eigenvalue weighted by atomic mass is 16.4. The molecule has 0 bridgehead atoms. The Morgan fingerprint density at radius 3 is 2.56 bits per heavy atom. The number of rotatable bonds is 4. The molecule has 0 aromatic heterocycles. The number of nitrogens with one attached hydrogen (secondary N) is 1. The quantitative estimate of drug-likeness (QED) is 0.785. The van der Waals surface area contributed by atoms with Crippen LogP contribution in [0, 0.1) is 11.3 Å². The molecule has 0 aromatic rings. The number of piperidine rings is 1. The molecule has 5 nitrogen and oxygen atoms in total. The molecule has 1 saturated heterocycles. The number of carboxylic acids is 1. The van der Waals surface area contributed by atoms with E-state index in [1.165, 1.54) is 0 Å². The van der Waals surface area contributed by atoms with Crippen molar-refractivity contribution in [2.75, 3.05) is 20.1 Å². The number of hydrogen-bond donors (Lipinski definition) is 2. The first-order valence-corrected chi connectivity index (χ1v) is 6.49. The van der Waals surface area contributed by atoms with Gasteiger partial charge in [0, 0.05) is 13.6 Å². The van der Waals surface area contributed by atoms with E-state index in [2.05, 4.69) is 10.2 Å². The van der Waals surface area contributed by atoms with Gasteiger partial charge in [-0.1, -0.05) is 0 Å². The average molecular weight is 256 g/mol. The Morgan fingerprint density at radius 2 is 2.06 bits per heavy atom. The number of amides is 1. The summed E-state index contributed by atoms with van der Waals surface area (Å²) in [4.78, 5) is 25.0. The predicted molar refractivity (Wildman–Crippen MR) is 69.2 cm³/mol. The van der Waals surface area contributed by atoms with Crippen LogP contribution in [0.15, 0.2) is 0 Å². The number of likely N-dealkylation sites (tertiary alicyclic amines) is 1. The third-order valence-corrected chi connectivity index (χ3v) is 4.20. The van der Waals surface area contributed by atoms with Gasteiger partial charge in [-0.15, -0.1) is 0 Å². The summed E-state index contributed by atoms with van der Waals surface area (Å²) in [6.07, 6.45) is 1.86. The third kappa shape index (κ3) is 3.02. The Hall–Kier alpha value is -1.10. The van der Waals surface area contributed by atoms with Crippen molar-refractivity contribution in [2.24, 2.45) is 11.3 Å². The summed E-state index contributed by atoms with van der Waals surface area (Å²) in [7, 11) is 1.63. The van der Waals surface area contributed by atoms with Gasteiger partial charge < -0.3 is 10.4 Å². The summed E-state index contributed by atoms with van der Waals surface area (Å²) in [5, 5.41) is 11.9. The molecule has 0 spiro atoms. The van der Waals surface area contributed by atoms with Gasteiger partial charge in [0.25, 0.3) is 0 Å². The third-order valence-electron chi connectivity index (χ3n) is 4.20. The van der Waals surface area contributed by atoms with E-state index in [-0.39, 0.29) is 17.9 Å². The topological polar surface area (TPSA) is 69.6 Å². The first-order valence-electron chi connectivity index (χ1n) is 6.49. The molecule has 2 unspecified atom stereocenters. The highest BCUT2D eigenvalue weighted by Crippen LogP contribution is 2.34. The van der Waals surface area contributed by atoms with Crippen molar-refractivity contribution in [3.05, 3.63) is 0 Å². The van der Waals surface area contributed by atoms with Gasteiger partial charge in [-0.05, 0) is 46.1 Å². The maximum absolute atomic E-state index is 11.6. The average Bonchev–Trinajstić information content (AvgIpc) is 2.36. The van der Waals surface area contributed by atoms with Crippen LogP contribution >= 0.6 is 0 Å². The van der Waals surface area contributed by atoms with Crippen LogP contribution in [0.25, 0.3) is 0 Å². The van der Waals surface area contributed by atoms with Gasteiger partial charge in [-0.2, -0.15) is 0 Å². The summed E-state index contributed by atoms with van der Waals surface area (Å²) in [5.41, 5.74) is -0.735. The van der Waals surface area contributed by atoms with E-state index in [9.17, 15) is 14.7 Å². The van der Waals surface area contributed by atoms with E-state index in [4.69, 9.17) is 0 Å². The number of likely N-dealkylation sites (N-methyl/N-ethyl adjacent to an activating group) is 1. The van der Waals surface area contributed by atoms with Crippen molar-refractivity contribution in [2.45, 2.75) is 39.7 Å². The maximum Gasteiger partial charge on any atom is 0.309 e. The van der Waals surface area contributed by atoms with Crippen molar-refractivity contribution in [1.29, 1.82) is 0 Å². The van der Waals surface area contributed by atoms with Crippen LogP contribution in [0.1, 0.15) is 33.6 Å². The second-order valence-corrected chi connectivity index (χ2v) is 5.65. The van der Waals surface area contributed by atoms with Gasteiger partial charge in [0.1, 0.15) is 0 Å². The van der Waals surface area contributed by atoms with Crippen molar-refractivity contribution in [3.8, 4) is 0 Å². The minimum atomic E-state index is -0.762. The van der Waals surface area contributed by atoms with E-state index in [1.54, 1.807) is 20.9 Å². The molecule has 1 fully saturated rings. The van der Waals surface area contributed by atoms with Crippen molar-refractivity contribution in [1.82, 2.24) is 10.2 Å². The summed E-state index contributed by atoms with van der Waals surface area (Å²) >= 11 is 0. The Morgan fingerprint density at radius 1 is 1.44 bits per heavy atom. The monoisotopic (exact) mass is 256 g/mol. The molecule has 1 aliphatic heterocycles. The van der Waals surface area contributed by atoms with Crippen LogP contribution in [0.2, 0.25) is 0 Å². The molecule has 0 saturated carbocycles. The highest BCUT2D eigenvalue weighted by Gasteiger charge is 2.40. The zero-order valence-electron chi connectivity index (χ0n) is 11.7. The molecule has 1 heterocycles. The minimum absolute atomic E-state index is 0.0104. The molecule has 1 rings (SSSR count). The molecule has 18 heavy (non-hydrogen) atoms. The van der Waals surface area contributed by atoms with Crippen molar-refractivity contribution in [3.63, 3.8) is 0 Å². The van der Waals surface area contributed by atoms with Crippen molar-refractivity contribution >= 4 is 11.9 Å². The first kappa shape index (κ1) is 15.0. The fourth-order valence-electron chi connectivity index (χ4n) is 2.50. The summed E-state index contributed by atoms with van der Waals surface area (Å²) in [6, 6.07) is -0.192. The lowest BCUT2D eigenvalue weighted by Gasteiger charge is -2.41. The van der Waals surface area contributed by atoms with Crippen LogP contribution in [0.5, 0.6) is 0 Å². The van der Waals surface area contributed by atoms with Gasteiger partial charge in [0.2, 0.25) is 5.91 Å². The van der Waals surface area contributed by atoms with Crippen LogP contribution in [0.3, 0.4) is 0 Å². The van der Waals surface area contributed by atoms with Gasteiger partial charge in [-0.3, -0.25) is 14.5 Å². The van der Waals surface area contributed by atoms with E-state index in [0.29, 0.717) is 6.54 Å². The fraction of sp³-hybridized carbons (Fsp3) is 0.846. The second-order valence-electron chi connectivity index (χ2n) is 5.65. The van der Waals surface area contributed by atoms with Crippen molar-refractivity contribution < 1.29 is 14.7 Å². The number of hydrogen-bond acceptors (Lipinski definition) is 3. The molecular weight excluding hydrogens is 232 g/mol. The molecule has 0 aromatic carbocycles. The van der Waals surface area contributed by atoms with Crippen LogP contribution in [-0.4, -0.2) is 48.1 Å². The van der Waals surface area contributed by atoms with E-state index in [0.717, 1.165) is 19.4 Å². The molecule has 1 amide bonds. The molecule has 2 N–H and O–H groups in total. The summed E-state index contributed by atoms with van der Waals surface area (Å²) in [5.74, 6) is -0.679. The van der Waals surface area contributed by atoms with Gasteiger partial charge in [-0.25, -0.2) is 0 Å². The molecule has 104 valence electrons. The first-order chi connectivity index (χ1) is 8.30. The molecule has 0 aliphatic carbocycles. The number of aliphatic carboxylic acids is 1. The Bertz CT molecular complexity index is 328. The highest BCUT2D eigenvalue weighted by molar-refractivity contribution is 5.81. The number of carbonyl (C=O) groups excluding carboxylic acids is 1. The molecule has 5 heteroatoms. The van der Waals surface area contributed by atoms with Gasteiger partial charge in [0.15, 0.2) is 0 Å². The smallest absolute Gasteiger partial charge is 0.309 e. The van der Waals surface area contributed by atoms with E-state index >= 15 is 0 Å². The lowest BCUT2D eigenvalue weighted by molar-refractivity contribution is -0.151. The SMILES string of the molecule is CNC(=O)C(C)N1CCCC(C(C)(C)C(=O)O)C1. The number of carbonyl (C=O) groups is 2. The predicted octanol–water partition coefficient (Wildman–Crippen LogP) is 0.944. The Labute approximate surface area is 109 Å². The van der Waals surface area contributed by atoms with Crippen LogP contribution in [-0.2, 0) is 9.59 Å². The Balaban J connectivity index is 2.72. The van der Waals surface area contributed by atoms with Crippen LogP contribution < -0.4 is 5.32 Å².